The lowest BCUT2D eigenvalue weighted by molar-refractivity contribution is -0.148. The molecule has 0 bridgehead atoms. The summed E-state index contributed by atoms with van der Waals surface area (Å²) >= 11 is 0. The van der Waals surface area contributed by atoms with Crippen LogP contribution in [0.15, 0.2) is 48.5 Å². The van der Waals surface area contributed by atoms with E-state index in [9.17, 15) is 9.90 Å². The van der Waals surface area contributed by atoms with Gasteiger partial charge in [-0.25, -0.2) is 4.79 Å². The van der Waals surface area contributed by atoms with E-state index in [0.29, 0.717) is 19.4 Å². The van der Waals surface area contributed by atoms with Crippen molar-refractivity contribution in [3.05, 3.63) is 70.8 Å². The summed E-state index contributed by atoms with van der Waals surface area (Å²) in [6, 6.07) is 13.9. The molecule has 2 rings (SSSR count). The molecule has 0 unspecified atom stereocenters. The Balaban J connectivity index is 2.35. The highest BCUT2D eigenvalue weighted by molar-refractivity contribution is 5.88. The van der Waals surface area contributed by atoms with Crippen molar-refractivity contribution in [3.8, 4) is 5.75 Å². The fraction of sp³-hybridized carbons (Fsp3) is 0.423. The Morgan fingerprint density at radius 1 is 1.03 bits per heavy atom. The van der Waals surface area contributed by atoms with Gasteiger partial charge in [0.1, 0.15) is 18.0 Å². The molecule has 4 heteroatoms. The van der Waals surface area contributed by atoms with Crippen LogP contribution in [0.1, 0.15) is 63.3 Å². The van der Waals surface area contributed by atoms with Gasteiger partial charge in [0.15, 0.2) is 0 Å². The van der Waals surface area contributed by atoms with Gasteiger partial charge in [-0.15, -0.1) is 0 Å². The number of aliphatic hydroxyl groups is 1. The average molecular weight is 411 g/mol. The number of rotatable bonds is 8. The third kappa shape index (κ3) is 8.03. The summed E-state index contributed by atoms with van der Waals surface area (Å²) in [6.45, 7) is 11.6. The molecule has 0 atom stereocenters. The highest BCUT2D eigenvalue weighted by atomic mass is 16.6. The van der Waals surface area contributed by atoms with Gasteiger partial charge in [-0.1, -0.05) is 42.5 Å². The molecule has 2 aromatic rings. The van der Waals surface area contributed by atoms with Gasteiger partial charge < -0.3 is 14.6 Å². The molecular formula is C26H34O4. The van der Waals surface area contributed by atoms with Gasteiger partial charge in [-0.05, 0) is 77.2 Å². The van der Waals surface area contributed by atoms with E-state index in [1.165, 1.54) is 6.08 Å². The zero-order valence-electron chi connectivity index (χ0n) is 19.0. The van der Waals surface area contributed by atoms with Crippen molar-refractivity contribution in [2.75, 3.05) is 0 Å². The summed E-state index contributed by atoms with van der Waals surface area (Å²) in [5.74, 6) is 0.345. The number of carbonyl (C=O) groups is 1. The average Bonchev–Trinajstić information content (AvgIpc) is 2.63. The summed E-state index contributed by atoms with van der Waals surface area (Å²) in [5, 5.41) is 10.2. The zero-order valence-corrected chi connectivity index (χ0v) is 19.0. The predicted molar refractivity (Wildman–Crippen MR) is 121 cm³/mol. The van der Waals surface area contributed by atoms with E-state index < -0.39 is 17.2 Å². The molecule has 0 aliphatic carbocycles. The van der Waals surface area contributed by atoms with E-state index in [0.717, 1.165) is 28.0 Å². The summed E-state index contributed by atoms with van der Waals surface area (Å²) in [6.07, 6.45) is 4.45. The molecule has 0 saturated carbocycles. The van der Waals surface area contributed by atoms with Gasteiger partial charge in [0.05, 0.1) is 5.60 Å². The van der Waals surface area contributed by atoms with Crippen molar-refractivity contribution in [2.45, 2.75) is 72.2 Å². The number of esters is 1. The van der Waals surface area contributed by atoms with Crippen LogP contribution in [0, 0.1) is 6.92 Å². The zero-order chi connectivity index (χ0) is 22.4. The van der Waals surface area contributed by atoms with Crippen LogP contribution in [0.25, 0.3) is 6.08 Å². The van der Waals surface area contributed by atoms with Crippen LogP contribution in [0.4, 0.5) is 0 Å². The third-order valence-electron chi connectivity index (χ3n) is 4.54. The fourth-order valence-corrected chi connectivity index (χ4v) is 3.01. The SMILES string of the molecule is Cc1ccc(/C=C\C(=O)OC(C)(C)C)c(OCc2ccccc2)c1CCC(C)(C)O. The molecule has 0 radical (unpaired) electrons. The van der Waals surface area contributed by atoms with Crippen LogP contribution in [-0.2, 0) is 22.6 Å². The molecule has 162 valence electrons. The molecular weight excluding hydrogens is 376 g/mol. The van der Waals surface area contributed by atoms with Crippen molar-refractivity contribution in [1.82, 2.24) is 0 Å². The number of aryl methyl sites for hydroxylation is 1. The molecule has 0 amide bonds. The van der Waals surface area contributed by atoms with Crippen LogP contribution in [0.5, 0.6) is 5.75 Å². The maximum atomic E-state index is 12.1. The van der Waals surface area contributed by atoms with Crippen molar-refractivity contribution < 1.29 is 19.4 Å². The van der Waals surface area contributed by atoms with Gasteiger partial charge in [0.2, 0.25) is 0 Å². The Morgan fingerprint density at radius 3 is 2.30 bits per heavy atom. The van der Waals surface area contributed by atoms with Crippen LogP contribution >= 0.6 is 0 Å². The molecule has 0 saturated heterocycles. The van der Waals surface area contributed by atoms with Gasteiger partial charge in [-0.2, -0.15) is 0 Å². The van der Waals surface area contributed by atoms with Gasteiger partial charge in [-0.3, -0.25) is 0 Å². The van der Waals surface area contributed by atoms with Crippen LogP contribution < -0.4 is 4.74 Å². The Labute approximate surface area is 180 Å². The van der Waals surface area contributed by atoms with E-state index in [2.05, 4.69) is 0 Å². The quantitative estimate of drug-likeness (QED) is 0.452. The Hall–Kier alpha value is -2.59. The maximum Gasteiger partial charge on any atom is 0.331 e. The van der Waals surface area contributed by atoms with E-state index in [4.69, 9.17) is 9.47 Å². The van der Waals surface area contributed by atoms with Gasteiger partial charge in [0, 0.05) is 11.6 Å². The first-order valence-electron chi connectivity index (χ1n) is 10.4. The molecule has 0 aliphatic heterocycles. The number of hydrogen-bond acceptors (Lipinski definition) is 4. The Bertz CT molecular complexity index is 868. The number of ether oxygens (including phenoxy) is 2. The molecule has 0 spiro atoms. The van der Waals surface area contributed by atoms with Crippen LogP contribution in [0.3, 0.4) is 0 Å². The Kier molecular flexibility index (Phi) is 7.85. The summed E-state index contributed by atoms with van der Waals surface area (Å²) in [4.78, 5) is 12.1. The molecule has 0 fully saturated rings. The minimum absolute atomic E-state index is 0.393. The van der Waals surface area contributed by atoms with Crippen molar-refractivity contribution in [2.24, 2.45) is 0 Å². The second-order valence-corrected chi connectivity index (χ2v) is 9.23. The van der Waals surface area contributed by atoms with Crippen LogP contribution in [-0.4, -0.2) is 22.3 Å². The lowest BCUT2D eigenvalue weighted by Gasteiger charge is -2.21. The first kappa shape index (κ1) is 23.7. The number of hydrogen-bond donors (Lipinski definition) is 1. The first-order valence-corrected chi connectivity index (χ1v) is 10.4. The van der Waals surface area contributed by atoms with Crippen molar-refractivity contribution >= 4 is 12.0 Å². The highest BCUT2D eigenvalue weighted by Gasteiger charge is 2.18. The smallest absolute Gasteiger partial charge is 0.331 e. The standard InChI is InChI=1S/C26H34O4/c1-19-12-13-21(14-15-23(27)30-25(2,3)4)24(22(19)16-17-26(5,6)28)29-18-20-10-8-7-9-11-20/h7-15,28H,16-18H2,1-6H3/b15-14-. The minimum atomic E-state index is -0.772. The van der Waals surface area contributed by atoms with E-state index >= 15 is 0 Å². The summed E-state index contributed by atoms with van der Waals surface area (Å²) in [5.41, 5.74) is 2.70. The van der Waals surface area contributed by atoms with Gasteiger partial charge >= 0.3 is 5.97 Å². The second-order valence-electron chi connectivity index (χ2n) is 9.23. The fourth-order valence-electron chi connectivity index (χ4n) is 3.01. The molecule has 0 heterocycles. The predicted octanol–water partition coefficient (Wildman–Crippen LogP) is 5.63. The molecule has 4 nitrogen and oxygen atoms in total. The Morgan fingerprint density at radius 2 is 1.70 bits per heavy atom. The third-order valence-corrected chi connectivity index (χ3v) is 4.54. The molecule has 2 aromatic carbocycles. The normalized spacial score (nSPS) is 12.2. The molecule has 30 heavy (non-hydrogen) atoms. The van der Waals surface area contributed by atoms with E-state index in [1.54, 1.807) is 19.9 Å². The first-order chi connectivity index (χ1) is 13.9. The van der Waals surface area contributed by atoms with E-state index in [-0.39, 0.29) is 0 Å². The monoisotopic (exact) mass is 410 g/mol. The number of carbonyl (C=O) groups excluding carboxylic acids is 1. The summed E-state index contributed by atoms with van der Waals surface area (Å²) in [7, 11) is 0. The molecule has 1 N–H and O–H groups in total. The lowest BCUT2D eigenvalue weighted by Crippen LogP contribution is -2.22. The molecule has 0 aliphatic rings. The largest absolute Gasteiger partial charge is 0.488 e. The second kappa shape index (κ2) is 9.94. The maximum absolute atomic E-state index is 12.1. The molecule has 0 aromatic heterocycles. The minimum Gasteiger partial charge on any atom is -0.488 e. The summed E-state index contributed by atoms with van der Waals surface area (Å²) < 4.78 is 11.6. The van der Waals surface area contributed by atoms with Gasteiger partial charge in [0.25, 0.3) is 0 Å². The van der Waals surface area contributed by atoms with Crippen LogP contribution in [0.2, 0.25) is 0 Å². The van der Waals surface area contributed by atoms with E-state index in [1.807, 2.05) is 70.2 Å². The highest BCUT2D eigenvalue weighted by Crippen LogP contribution is 2.32. The van der Waals surface area contributed by atoms with Crippen molar-refractivity contribution in [1.29, 1.82) is 0 Å². The topological polar surface area (TPSA) is 55.8 Å². The number of benzene rings is 2. The van der Waals surface area contributed by atoms with Crippen molar-refractivity contribution in [3.63, 3.8) is 0 Å². The lowest BCUT2D eigenvalue weighted by atomic mass is 9.93.